The summed E-state index contributed by atoms with van der Waals surface area (Å²) in [5, 5.41) is 23.7. The molecule has 2 rings (SSSR count). The summed E-state index contributed by atoms with van der Waals surface area (Å²) in [7, 11) is 0. The molecule has 7 heteroatoms. The highest BCUT2D eigenvalue weighted by Crippen LogP contribution is 2.08. The monoisotopic (exact) mass is 276 g/mol. The van der Waals surface area contributed by atoms with E-state index in [1.807, 2.05) is 30.3 Å². The second-order valence-electron chi connectivity index (χ2n) is 4.41. The highest BCUT2D eigenvalue weighted by molar-refractivity contribution is 5.14. The van der Waals surface area contributed by atoms with Crippen LogP contribution in [0.4, 0.5) is 5.95 Å². The smallest absolute Gasteiger partial charge is 0.390 e. The van der Waals surface area contributed by atoms with Crippen molar-refractivity contribution in [3.63, 3.8) is 0 Å². The van der Waals surface area contributed by atoms with E-state index in [1.54, 1.807) is 0 Å². The fourth-order valence-corrected chi connectivity index (χ4v) is 1.89. The number of aromatic nitrogens is 2. The first kappa shape index (κ1) is 14.2. The van der Waals surface area contributed by atoms with Crippen LogP contribution in [0.3, 0.4) is 0 Å². The molecule has 0 saturated carbocycles. The second kappa shape index (κ2) is 6.78. The normalized spacial score (nSPS) is 12.2. The standard InChI is InChI=1S/C13H16N4O3/c18-12(9-14-8-11-4-2-1-3-5-11)10-16-7-6-15-13(16)17(19)20/h1-7,12,14,18H,8-10H2. The predicted molar refractivity (Wildman–Crippen MR) is 73.0 cm³/mol. The zero-order chi connectivity index (χ0) is 14.4. The van der Waals surface area contributed by atoms with Crippen molar-refractivity contribution in [2.45, 2.75) is 19.2 Å². The van der Waals surface area contributed by atoms with Gasteiger partial charge in [0.2, 0.25) is 0 Å². The minimum atomic E-state index is -0.716. The first-order valence-corrected chi connectivity index (χ1v) is 6.25. The summed E-state index contributed by atoms with van der Waals surface area (Å²) >= 11 is 0. The molecule has 1 atom stereocenters. The Kier molecular flexibility index (Phi) is 4.80. The van der Waals surface area contributed by atoms with E-state index in [9.17, 15) is 15.2 Å². The van der Waals surface area contributed by atoms with Gasteiger partial charge in [0.15, 0.2) is 0 Å². The summed E-state index contributed by atoms with van der Waals surface area (Å²) in [6, 6.07) is 9.81. The van der Waals surface area contributed by atoms with Crippen molar-refractivity contribution in [2.24, 2.45) is 0 Å². The van der Waals surface area contributed by atoms with Crippen molar-refractivity contribution in [3.8, 4) is 0 Å². The first-order valence-electron chi connectivity index (χ1n) is 6.25. The quantitative estimate of drug-likeness (QED) is 0.580. The summed E-state index contributed by atoms with van der Waals surface area (Å²) in [4.78, 5) is 13.8. The molecule has 2 N–H and O–H groups in total. The fraction of sp³-hybridized carbons (Fsp3) is 0.308. The van der Waals surface area contributed by atoms with Crippen LogP contribution in [0.15, 0.2) is 42.7 Å². The van der Waals surface area contributed by atoms with Crippen LogP contribution in [-0.2, 0) is 13.1 Å². The largest absolute Gasteiger partial charge is 0.434 e. The van der Waals surface area contributed by atoms with E-state index in [4.69, 9.17) is 0 Å². The van der Waals surface area contributed by atoms with Gasteiger partial charge < -0.3 is 20.5 Å². The maximum absolute atomic E-state index is 10.7. The lowest BCUT2D eigenvalue weighted by Crippen LogP contribution is -2.30. The van der Waals surface area contributed by atoms with E-state index in [1.165, 1.54) is 17.0 Å². The molecule has 106 valence electrons. The third kappa shape index (κ3) is 3.87. The maximum Gasteiger partial charge on any atom is 0.434 e. The number of aliphatic hydroxyl groups excluding tert-OH is 1. The minimum absolute atomic E-state index is 0.137. The lowest BCUT2D eigenvalue weighted by molar-refractivity contribution is -0.397. The van der Waals surface area contributed by atoms with E-state index in [2.05, 4.69) is 10.3 Å². The number of benzene rings is 1. The Hall–Kier alpha value is -2.25. The van der Waals surface area contributed by atoms with E-state index in [-0.39, 0.29) is 12.5 Å². The second-order valence-corrected chi connectivity index (χ2v) is 4.41. The highest BCUT2D eigenvalue weighted by Gasteiger charge is 2.17. The summed E-state index contributed by atoms with van der Waals surface area (Å²) < 4.78 is 1.33. The Balaban J connectivity index is 1.79. The molecule has 0 radical (unpaired) electrons. The molecule has 1 heterocycles. The van der Waals surface area contributed by atoms with E-state index in [0.717, 1.165) is 5.56 Å². The minimum Gasteiger partial charge on any atom is -0.390 e. The van der Waals surface area contributed by atoms with E-state index >= 15 is 0 Å². The van der Waals surface area contributed by atoms with Crippen LogP contribution >= 0.6 is 0 Å². The molecule has 0 aliphatic carbocycles. The van der Waals surface area contributed by atoms with Crippen molar-refractivity contribution in [1.29, 1.82) is 0 Å². The van der Waals surface area contributed by atoms with Crippen LogP contribution < -0.4 is 5.32 Å². The topological polar surface area (TPSA) is 93.2 Å². The number of nitrogens with zero attached hydrogens (tertiary/aromatic N) is 3. The molecule has 1 aromatic carbocycles. The van der Waals surface area contributed by atoms with Crippen LogP contribution in [0.5, 0.6) is 0 Å². The summed E-state index contributed by atoms with van der Waals surface area (Å²) in [5.74, 6) is -0.257. The van der Waals surface area contributed by atoms with Crippen LogP contribution in [0.2, 0.25) is 0 Å². The van der Waals surface area contributed by atoms with Gasteiger partial charge in [0.05, 0.1) is 12.6 Å². The molecule has 0 bridgehead atoms. The van der Waals surface area contributed by atoms with E-state index < -0.39 is 11.0 Å². The van der Waals surface area contributed by atoms with Crippen molar-refractivity contribution >= 4 is 5.95 Å². The number of nitrogens with one attached hydrogen (secondary N) is 1. The maximum atomic E-state index is 10.7. The lowest BCUT2D eigenvalue weighted by Gasteiger charge is -2.11. The predicted octanol–water partition coefficient (Wildman–Crippen LogP) is 0.942. The van der Waals surface area contributed by atoms with Gasteiger partial charge in [0.25, 0.3) is 0 Å². The van der Waals surface area contributed by atoms with Gasteiger partial charge in [-0.1, -0.05) is 35.3 Å². The number of aliphatic hydroxyl groups is 1. The Morgan fingerprint density at radius 2 is 2.15 bits per heavy atom. The number of rotatable bonds is 7. The van der Waals surface area contributed by atoms with Crippen LogP contribution in [0.25, 0.3) is 0 Å². The van der Waals surface area contributed by atoms with Gasteiger partial charge in [-0.05, 0) is 10.5 Å². The number of hydrogen-bond donors (Lipinski definition) is 2. The molecular weight excluding hydrogens is 260 g/mol. The summed E-state index contributed by atoms with van der Waals surface area (Å²) in [5.41, 5.74) is 1.12. The molecule has 1 aromatic heterocycles. The molecule has 0 saturated heterocycles. The van der Waals surface area contributed by atoms with Gasteiger partial charge in [0, 0.05) is 13.1 Å². The Bertz CT molecular complexity index is 556. The molecular formula is C13H16N4O3. The van der Waals surface area contributed by atoms with Crippen LogP contribution in [-0.4, -0.2) is 32.2 Å². The third-order valence-electron chi connectivity index (χ3n) is 2.82. The number of imidazole rings is 1. The van der Waals surface area contributed by atoms with Gasteiger partial charge in [-0.3, -0.25) is 0 Å². The van der Waals surface area contributed by atoms with Crippen molar-refractivity contribution in [3.05, 3.63) is 58.4 Å². The Morgan fingerprint density at radius 1 is 1.40 bits per heavy atom. The zero-order valence-electron chi connectivity index (χ0n) is 10.8. The van der Waals surface area contributed by atoms with Gasteiger partial charge in [-0.2, -0.15) is 0 Å². The van der Waals surface area contributed by atoms with Crippen LogP contribution in [0.1, 0.15) is 5.56 Å². The molecule has 0 spiro atoms. The SMILES string of the molecule is O=[N+]([O-])c1nccn1CC(O)CNCc1ccccc1. The third-order valence-corrected chi connectivity index (χ3v) is 2.82. The zero-order valence-corrected chi connectivity index (χ0v) is 10.8. The highest BCUT2D eigenvalue weighted by atomic mass is 16.6. The van der Waals surface area contributed by atoms with Gasteiger partial charge in [-0.15, -0.1) is 0 Å². The van der Waals surface area contributed by atoms with Crippen molar-refractivity contribution in [1.82, 2.24) is 14.9 Å². The molecule has 7 nitrogen and oxygen atoms in total. The molecule has 0 aliphatic rings. The number of nitro groups is 1. The Labute approximate surface area is 116 Å². The average Bonchev–Trinajstić information content (AvgIpc) is 2.88. The summed E-state index contributed by atoms with van der Waals surface area (Å²) in [6.45, 7) is 1.13. The van der Waals surface area contributed by atoms with Gasteiger partial charge >= 0.3 is 5.95 Å². The van der Waals surface area contributed by atoms with Gasteiger partial charge in [-0.25, -0.2) is 4.57 Å². The molecule has 2 aromatic rings. The molecule has 1 unspecified atom stereocenters. The molecule has 0 aliphatic heterocycles. The van der Waals surface area contributed by atoms with Crippen molar-refractivity contribution < 1.29 is 10.0 Å². The Morgan fingerprint density at radius 3 is 2.85 bits per heavy atom. The molecule has 0 amide bonds. The summed E-state index contributed by atoms with van der Waals surface area (Å²) in [6.07, 6.45) is 2.12. The average molecular weight is 276 g/mol. The number of hydrogen-bond acceptors (Lipinski definition) is 5. The first-order chi connectivity index (χ1) is 9.66. The van der Waals surface area contributed by atoms with Crippen molar-refractivity contribution in [2.75, 3.05) is 6.54 Å². The van der Waals surface area contributed by atoms with Gasteiger partial charge in [0.1, 0.15) is 12.4 Å². The lowest BCUT2D eigenvalue weighted by atomic mass is 10.2. The molecule has 20 heavy (non-hydrogen) atoms. The van der Waals surface area contributed by atoms with Crippen LogP contribution in [0, 0.1) is 10.1 Å². The van der Waals surface area contributed by atoms with E-state index in [0.29, 0.717) is 13.1 Å². The molecule has 0 fully saturated rings. The fourth-order valence-electron chi connectivity index (χ4n) is 1.89.